The number of amides is 1. The summed E-state index contributed by atoms with van der Waals surface area (Å²) in [6.45, 7) is 0. The van der Waals surface area contributed by atoms with Crippen LogP contribution in [-0.4, -0.2) is 10.9 Å². The number of anilines is 1. The largest absolute Gasteiger partial charge is 0.302 e. The second kappa shape index (κ2) is 6.35. The van der Waals surface area contributed by atoms with Crippen LogP contribution in [0.4, 0.5) is 9.52 Å². The van der Waals surface area contributed by atoms with E-state index in [0.717, 1.165) is 18.5 Å². The third-order valence-corrected chi connectivity index (χ3v) is 4.67. The summed E-state index contributed by atoms with van der Waals surface area (Å²) in [5.74, 6) is -0.467. The van der Waals surface area contributed by atoms with Gasteiger partial charge in [-0.1, -0.05) is 18.6 Å². The number of hydrogen-bond donors (Lipinski definition) is 1. The van der Waals surface area contributed by atoms with E-state index in [4.69, 9.17) is 0 Å². The number of halogens is 1. The van der Waals surface area contributed by atoms with Crippen molar-refractivity contribution in [2.45, 2.75) is 38.5 Å². The normalized spacial score (nSPS) is 14.3. The lowest BCUT2D eigenvalue weighted by atomic mass is 10.1. The van der Waals surface area contributed by atoms with Gasteiger partial charge >= 0.3 is 0 Å². The van der Waals surface area contributed by atoms with E-state index in [1.54, 1.807) is 23.5 Å². The van der Waals surface area contributed by atoms with Crippen molar-refractivity contribution >= 4 is 22.4 Å². The van der Waals surface area contributed by atoms with Crippen LogP contribution in [-0.2, 0) is 24.1 Å². The van der Waals surface area contributed by atoms with Gasteiger partial charge in [0, 0.05) is 4.88 Å². The summed E-state index contributed by atoms with van der Waals surface area (Å²) >= 11 is 1.57. The van der Waals surface area contributed by atoms with Crippen LogP contribution in [0, 0.1) is 5.82 Å². The maximum Gasteiger partial charge on any atom is 0.230 e. The molecule has 0 saturated carbocycles. The molecule has 1 aliphatic rings. The van der Waals surface area contributed by atoms with Crippen LogP contribution in [0.2, 0.25) is 0 Å². The Bertz CT molecular complexity index is 630. The molecule has 1 aromatic heterocycles. The molecule has 0 atom stereocenters. The number of carbonyl (C=O) groups is 1. The third-order valence-electron chi connectivity index (χ3n) is 3.60. The summed E-state index contributed by atoms with van der Waals surface area (Å²) < 4.78 is 13.1. The molecule has 0 fully saturated rings. The van der Waals surface area contributed by atoms with Gasteiger partial charge in [0.15, 0.2) is 5.13 Å². The van der Waals surface area contributed by atoms with Crippen LogP contribution in [0.25, 0.3) is 0 Å². The van der Waals surface area contributed by atoms with Gasteiger partial charge < -0.3 is 5.32 Å². The van der Waals surface area contributed by atoms with E-state index < -0.39 is 0 Å². The molecule has 0 radical (unpaired) electrons. The SMILES string of the molecule is O=C(Cc1cccc(F)c1)Nc1nc2c(s1)CCCCC2. The van der Waals surface area contributed by atoms with Crippen molar-refractivity contribution in [2.75, 3.05) is 5.32 Å². The number of nitrogens with one attached hydrogen (secondary N) is 1. The van der Waals surface area contributed by atoms with Crippen molar-refractivity contribution in [1.82, 2.24) is 4.98 Å². The molecule has 1 aromatic carbocycles. The zero-order valence-corrected chi connectivity index (χ0v) is 12.5. The first kappa shape index (κ1) is 14.2. The van der Waals surface area contributed by atoms with Crippen LogP contribution < -0.4 is 5.32 Å². The summed E-state index contributed by atoms with van der Waals surface area (Å²) in [7, 11) is 0. The van der Waals surface area contributed by atoms with Crippen molar-refractivity contribution in [3.8, 4) is 0 Å². The zero-order chi connectivity index (χ0) is 14.7. The molecule has 21 heavy (non-hydrogen) atoms. The lowest BCUT2D eigenvalue weighted by Gasteiger charge is -2.02. The quantitative estimate of drug-likeness (QED) is 0.878. The highest BCUT2D eigenvalue weighted by Crippen LogP contribution is 2.28. The standard InChI is InChI=1S/C16H17FN2OS/c17-12-6-4-5-11(9-12)10-15(20)19-16-18-13-7-2-1-3-8-14(13)21-16/h4-6,9H,1-3,7-8,10H2,(H,18,19,20). The van der Waals surface area contributed by atoms with Gasteiger partial charge in [0.25, 0.3) is 0 Å². The maximum absolute atomic E-state index is 13.1. The molecule has 1 heterocycles. The average molecular weight is 304 g/mol. The summed E-state index contributed by atoms with van der Waals surface area (Å²) in [5, 5.41) is 3.50. The van der Waals surface area contributed by atoms with Gasteiger partial charge in [-0.15, -0.1) is 11.3 Å². The average Bonchev–Trinajstić information content (AvgIpc) is 2.67. The molecule has 3 rings (SSSR count). The molecule has 0 bridgehead atoms. The van der Waals surface area contributed by atoms with E-state index in [-0.39, 0.29) is 18.1 Å². The van der Waals surface area contributed by atoms with E-state index in [1.807, 2.05) is 0 Å². The molecule has 1 amide bonds. The van der Waals surface area contributed by atoms with Crippen LogP contribution in [0.5, 0.6) is 0 Å². The highest BCUT2D eigenvalue weighted by atomic mass is 32.1. The number of rotatable bonds is 3. The molecule has 1 aliphatic carbocycles. The fourth-order valence-electron chi connectivity index (χ4n) is 2.58. The van der Waals surface area contributed by atoms with Crippen molar-refractivity contribution in [1.29, 1.82) is 0 Å². The van der Waals surface area contributed by atoms with E-state index >= 15 is 0 Å². The minimum Gasteiger partial charge on any atom is -0.302 e. The summed E-state index contributed by atoms with van der Waals surface area (Å²) in [5.41, 5.74) is 1.81. The van der Waals surface area contributed by atoms with Gasteiger partial charge in [-0.05, 0) is 43.4 Å². The summed E-state index contributed by atoms with van der Waals surface area (Å²) in [6, 6.07) is 6.12. The Morgan fingerprint density at radius 2 is 2.14 bits per heavy atom. The second-order valence-electron chi connectivity index (χ2n) is 5.30. The lowest BCUT2D eigenvalue weighted by Crippen LogP contribution is -2.14. The van der Waals surface area contributed by atoms with E-state index in [2.05, 4.69) is 10.3 Å². The maximum atomic E-state index is 13.1. The van der Waals surface area contributed by atoms with Gasteiger partial charge in [-0.25, -0.2) is 9.37 Å². The predicted octanol–water partition coefficient (Wildman–Crippen LogP) is 3.73. The molecule has 0 spiro atoms. The van der Waals surface area contributed by atoms with Gasteiger partial charge in [0.2, 0.25) is 5.91 Å². The molecule has 3 nitrogen and oxygen atoms in total. The Morgan fingerprint density at radius 3 is 3.00 bits per heavy atom. The molecule has 110 valence electrons. The van der Waals surface area contributed by atoms with Crippen LogP contribution >= 0.6 is 11.3 Å². The molecule has 2 aromatic rings. The zero-order valence-electron chi connectivity index (χ0n) is 11.7. The summed E-state index contributed by atoms with van der Waals surface area (Å²) in [6.07, 6.45) is 5.87. The fraction of sp³-hybridized carbons (Fsp3) is 0.375. The monoisotopic (exact) mass is 304 g/mol. The topological polar surface area (TPSA) is 42.0 Å². The highest BCUT2D eigenvalue weighted by molar-refractivity contribution is 7.15. The Morgan fingerprint density at radius 1 is 1.29 bits per heavy atom. The first-order valence-electron chi connectivity index (χ1n) is 7.23. The van der Waals surface area contributed by atoms with E-state index in [1.165, 1.54) is 36.3 Å². The van der Waals surface area contributed by atoms with E-state index in [0.29, 0.717) is 10.7 Å². The number of fused-ring (bicyclic) bond motifs is 1. The van der Waals surface area contributed by atoms with Gasteiger partial charge in [-0.3, -0.25) is 4.79 Å². The Labute approximate surface area is 127 Å². The fourth-order valence-corrected chi connectivity index (χ4v) is 3.64. The molecule has 5 heteroatoms. The Hall–Kier alpha value is -1.75. The first-order valence-corrected chi connectivity index (χ1v) is 8.05. The Balaban J connectivity index is 1.65. The molecule has 1 N–H and O–H groups in total. The number of aryl methyl sites for hydroxylation is 2. The van der Waals surface area contributed by atoms with Crippen molar-refractivity contribution in [3.63, 3.8) is 0 Å². The van der Waals surface area contributed by atoms with Gasteiger partial charge in [0.1, 0.15) is 5.82 Å². The molecule has 0 unspecified atom stereocenters. The van der Waals surface area contributed by atoms with E-state index in [9.17, 15) is 9.18 Å². The van der Waals surface area contributed by atoms with Crippen LogP contribution in [0.3, 0.4) is 0 Å². The molecular formula is C16H17FN2OS. The number of carbonyl (C=O) groups excluding carboxylic acids is 1. The van der Waals surface area contributed by atoms with Gasteiger partial charge in [0.05, 0.1) is 12.1 Å². The number of nitrogens with zero attached hydrogens (tertiary/aromatic N) is 1. The minimum atomic E-state index is -0.318. The first-order chi connectivity index (χ1) is 10.2. The van der Waals surface area contributed by atoms with Crippen LogP contribution in [0.15, 0.2) is 24.3 Å². The number of thiazole rings is 1. The van der Waals surface area contributed by atoms with Crippen molar-refractivity contribution < 1.29 is 9.18 Å². The van der Waals surface area contributed by atoms with Gasteiger partial charge in [-0.2, -0.15) is 0 Å². The Kier molecular flexibility index (Phi) is 4.29. The number of benzene rings is 1. The number of hydrogen-bond acceptors (Lipinski definition) is 3. The van der Waals surface area contributed by atoms with Crippen molar-refractivity contribution in [3.05, 3.63) is 46.2 Å². The lowest BCUT2D eigenvalue weighted by molar-refractivity contribution is -0.115. The second-order valence-corrected chi connectivity index (χ2v) is 6.39. The minimum absolute atomic E-state index is 0.149. The third kappa shape index (κ3) is 3.67. The predicted molar refractivity (Wildman–Crippen MR) is 82.1 cm³/mol. The van der Waals surface area contributed by atoms with Crippen LogP contribution in [0.1, 0.15) is 35.4 Å². The number of aromatic nitrogens is 1. The molecular weight excluding hydrogens is 287 g/mol. The smallest absolute Gasteiger partial charge is 0.230 e. The van der Waals surface area contributed by atoms with Crippen molar-refractivity contribution in [2.24, 2.45) is 0 Å². The summed E-state index contributed by atoms with van der Waals surface area (Å²) in [4.78, 5) is 17.8. The molecule has 0 aliphatic heterocycles. The molecule has 0 saturated heterocycles. The highest BCUT2D eigenvalue weighted by Gasteiger charge is 2.15.